The molecule has 0 saturated carbocycles. The van der Waals surface area contributed by atoms with E-state index >= 15 is 0 Å². The minimum atomic E-state index is -0.298. The number of halogens is 1. The lowest BCUT2D eigenvalue weighted by molar-refractivity contribution is -0.132. The van der Waals surface area contributed by atoms with Gasteiger partial charge in [-0.2, -0.15) is 23.5 Å². The Bertz CT molecular complexity index is 219. The van der Waals surface area contributed by atoms with E-state index in [1.165, 1.54) is 0 Å². The molecular weight excluding hydrogens is 264 g/mol. The van der Waals surface area contributed by atoms with Crippen molar-refractivity contribution in [1.29, 1.82) is 0 Å². The summed E-state index contributed by atoms with van der Waals surface area (Å²) in [5.41, 5.74) is 5.87. The van der Waals surface area contributed by atoms with Gasteiger partial charge in [0.25, 0.3) is 0 Å². The Morgan fingerprint density at radius 1 is 1.69 bits per heavy atom. The van der Waals surface area contributed by atoms with Crippen molar-refractivity contribution >= 4 is 41.8 Å². The zero-order valence-corrected chi connectivity index (χ0v) is 12.3. The number of hydrogen-bond acceptors (Lipinski definition) is 4. The van der Waals surface area contributed by atoms with Crippen LogP contribution in [0.5, 0.6) is 0 Å². The summed E-state index contributed by atoms with van der Waals surface area (Å²) in [5.74, 6) is 2.14. The monoisotopic (exact) mass is 284 g/mol. The van der Waals surface area contributed by atoms with Crippen LogP contribution in [-0.4, -0.2) is 52.9 Å². The minimum Gasteiger partial charge on any atom is -0.339 e. The molecular formula is C10H21ClN2OS2. The van der Waals surface area contributed by atoms with Gasteiger partial charge in [0, 0.05) is 24.1 Å². The zero-order valence-electron chi connectivity index (χ0n) is 9.85. The summed E-state index contributed by atoms with van der Waals surface area (Å²) in [7, 11) is 0. The summed E-state index contributed by atoms with van der Waals surface area (Å²) in [5, 5.41) is 0.551. The van der Waals surface area contributed by atoms with Crippen LogP contribution in [0.3, 0.4) is 0 Å². The molecule has 0 radical (unpaired) electrons. The molecule has 0 aliphatic carbocycles. The molecule has 0 spiro atoms. The van der Waals surface area contributed by atoms with Crippen LogP contribution < -0.4 is 5.73 Å². The summed E-state index contributed by atoms with van der Waals surface area (Å²) < 4.78 is 0. The van der Waals surface area contributed by atoms with Crippen LogP contribution in [0, 0.1) is 0 Å². The minimum absolute atomic E-state index is 0. The highest BCUT2D eigenvalue weighted by Gasteiger charge is 2.24. The number of carbonyl (C=O) groups excluding carboxylic acids is 1. The third-order valence-electron chi connectivity index (χ3n) is 2.50. The van der Waals surface area contributed by atoms with E-state index in [2.05, 4.69) is 6.92 Å². The number of thioether (sulfide) groups is 2. The van der Waals surface area contributed by atoms with Crippen molar-refractivity contribution in [2.24, 2.45) is 5.73 Å². The van der Waals surface area contributed by atoms with Crippen molar-refractivity contribution in [3.8, 4) is 0 Å². The van der Waals surface area contributed by atoms with Gasteiger partial charge in [-0.05, 0) is 18.4 Å². The first-order valence-corrected chi connectivity index (χ1v) is 7.74. The van der Waals surface area contributed by atoms with E-state index in [4.69, 9.17) is 5.73 Å². The average Bonchev–Trinajstić information content (AvgIpc) is 2.24. The van der Waals surface area contributed by atoms with Gasteiger partial charge < -0.3 is 10.6 Å². The number of carbonyl (C=O) groups is 1. The third-order valence-corrected chi connectivity index (χ3v) is 4.28. The second-order valence-electron chi connectivity index (χ2n) is 3.85. The fraction of sp³-hybridized carbons (Fsp3) is 0.900. The standard InChI is InChI=1S/C10H20N2OS2.ClH/c1-8-7-12(4-6-15-8)10(13)9(11)3-5-14-2;/h8-9H,3-7,11H2,1-2H3;1H/t8?,9-;/m0./s1. The van der Waals surface area contributed by atoms with Crippen molar-refractivity contribution in [2.75, 3.05) is 30.9 Å². The zero-order chi connectivity index (χ0) is 11.3. The van der Waals surface area contributed by atoms with Crippen molar-refractivity contribution in [3.63, 3.8) is 0 Å². The molecule has 2 N–H and O–H groups in total. The number of nitrogens with zero attached hydrogens (tertiary/aromatic N) is 1. The largest absolute Gasteiger partial charge is 0.339 e. The Morgan fingerprint density at radius 2 is 2.38 bits per heavy atom. The highest BCUT2D eigenvalue weighted by atomic mass is 35.5. The first-order valence-electron chi connectivity index (χ1n) is 5.30. The molecule has 0 bridgehead atoms. The van der Waals surface area contributed by atoms with Crippen LogP contribution in [0.4, 0.5) is 0 Å². The quantitative estimate of drug-likeness (QED) is 0.849. The van der Waals surface area contributed by atoms with E-state index in [0.29, 0.717) is 5.25 Å². The van der Waals surface area contributed by atoms with E-state index in [9.17, 15) is 4.79 Å². The molecule has 1 heterocycles. The molecule has 1 aliphatic rings. The van der Waals surface area contributed by atoms with E-state index in [1.807, 2.05) is 22.9 Å². The van der Waals surface area contributed by atoms with Gasteiger partial charge in [-0.3, -0.25) is 4.79 Å². The highest BCUT2D eigenvalue weighted by Crippen LogP contribution is 2.18. The van der Waals surface area contributed by atoms with Crippen molar-refractivity contribution < 1.29 is 4.79 Å². The molecule has 1 saturated heterocycles. The lowest BCUT2D eigenvalue weighted by atomic mass is 10.2. The van der Waals surface area contributed by atoms with Crippen molar-refractivity contribution in [2.45, 2.75) is 24.6 Å². The van der Waals surface area contributed by atoms with Crippen LogP contribution in [0.2, 0.25) is 0 Å². The Balaban J connectivity index is 0.00000225. The van der Waals surface area contributed by atoms with Gasteiger partial charge in [0.1, 0.15) is 0 Å². The molecule has 2 atom stereocenters. The smallest absolute Gasteiger partial charge is 0.239 e. The van der Waals surface area contributed by atoms with Crippen LogP contribution in [-0.2, 0) is 4.79 Å². The molecule has 1 fully saturated rings. The molecule has 1 aliphatic heterocycles. The molecule has 1 amide bonds. The molecule has 3 nitrogen and oxygen atoms in total. The second kappa shape index (κ2) is 8.50. The first kappa shape index (κ1) is 16.4. The predicted octanol–water partition coefficient (Wildman–Crippen LogP) is 1.45. The number of nitrogens with two attached hydrogens (primary N) is 1. The van der Waals surface area contributed by atoms with Crippen LogP contribution in [0.1, 0.15) is 13.3 Å². The topological polar surface area (TPSA) is 46.3 Å². The summed E-state index contributed by atoms with van der Waals surface area (Å²) in [6, 6.07) is -0.298. The molecule has 0 aromatic rings. The second-order valence-corrected chi connectivity index (χ2v) is 6.39. The normalized spacial score (nSPS) is 22.4. The fourth-order valence-corrected chi connectivity index (χ4v) is 3.12. The van der Waals surface area contributed by atoms with Gasteiger partial charge in [-0.15, -0.1) is 12.4 Å². The maximum absolute atomic E-state index is 11.9. The SMILES string of the molecule is CSCC[C@H](N)C(=O)N1CCSC(C)C1.Cl. The predicted molar refractivity (Wildman–Crippen MR) is 76.7 cm³/mol. The third kappa shape index (κ3) is 5.17. The molecule has 16 heavy (non-hydrogen) atoms. The Morgan fingerprint density at radius 3 is 2.94 bits per heavy atom. The fourth-order valence-electron chi connectivity index (χ4n) is 1.62. The molecule has 96 valence electrons. The molecule has 0 aromatic heterocycles. The van der Waals surface area contributed by atoms with Gasteiger partial charge >= 0.3 is 0 Å². The van der Waals surface area contributed by atoms with Gasteiger partial charge in [-0.1, -0.05) is 6.92 Å². The summed E-state index contributed by atoms with van der Waals surface area (Å²) in [6.07, 6.45) is 2.83. The lowest BCUT2D eigenvalue weighted by Gasteiger charge is -2.32. The van der Waals surface area contributed by atoms with E-state index in [1.54, 1.807) is 11.8 Å². The number of hydrogen-bond donors (Lipinski definition) is 1. The highest BCUT2D eigenvalue weighted by molar-refractivity contribution is 8.00. The number of rotatable bonds is 4. The van der Waals surface area contributed by atoms with Crippen LogP contribution in [0.15, 0.2) is 0 Å². The van der Waals surface area contributed by atoms with Gasteiger partial charge in [0.15, 0.2) is 0 Å². The Kier molecular flexibility index (Phi) is 8.73. The Labute approximate surface area is 113 Å². The van der Waals surface area contributed by atoms with Crippen LogP contribution in [0.25, 0.3) is 0 Å². The Hall–Kier alpha value is 0.420. The van der Waals surface area contributed by atoms with Crippen LogP contribution >= 0.6 is 35.9 Å². The van der Waals surface area contributed by atoms with Gasteiger partial charge in [0.05, 0.1) is 6.04 Å². The molecule has 1 unspecified atom stereocenters. The molecule has 0 aromatic carbocycles. The van der Waals surface area contributed by atoms with Crippen molar-refractivity contribution in [1.82, 2.24) is 4.90 Å². The van der Waals surface area contributed by atoms with E-state index < -0.39 is 0 Å². The van der Waals surface area contributed by atoms with E-state index in [0.717, 1.165) is 31.0 Å². The summed E-state index contributed by atoms with van der Waals surface area (Å²) in [4.78, 5) is 13.9. The van der Waals surface area contributed by atoms with Gasteiger partial charge in [0.2, 0.25) is 5.91 Å². The first-order chi connectivity index (χ1) is 7.15. The number of amides is 1. The summed E-state index contributed by atoms with van der Waals surface area (Å²) >= 11 is 3.67. The maximum atomic E-state index is 11.9. The molecule has 6 heteroatoms. The lowest BCUT2D eigenvalue weighted by Crippen LogP contribution is -2.48. The maximum Gasteiger partial charge on any atom is 0.239 e. The van der Waals surface area contributed by atoms with Crippen molar-refractivity contribution in [3.05, 3.63) is 0 Å². The van der Waals surface area contributed by atoms with E-state index in [-0.39, 0.29) is 24.4 Å². The summed E-state index contributed by atoms with van der Waals surface area (Å²) in [6.45, 7) is 3.88. The molecule has 1 rings (SSSR count). The van der Waals surface area contributed by atoms with Gasteiger partial charge in [-0.25, -0.2) is 0 Å². The average molecular weight is 285 g/mol.